The van der Waals surface area contributed by atoms with Crippen LogP contribution in [0.2, 0.25) is 5.02 Å². The first kappa shape index (κ1) is 25.5. The lowest BCUT2D eigenvalue weighted by atomic mass is 9.75. The van der Waals surface area contributed by atoms with Gasteiger partial charge in [-0.2, -0.15) is 18.2 Å². The number of nitrogens with one attached hydrogen (secondary N) is 2. The predicted molar refractivity (Wildman–Crippen MR) is 125 cm³/mol. The molecule has 2 heterocycles. The lowest BCUT2D eigenvalue weighted by molar-refractivity contribution is -0.143. The number of hydrogen-bond acceptors (Lipinski definition) is 4. The maximum atomic E-state index is 13.4. The molecule has 4 nitrogen and oxygen atoms in total. The molecule has 0 aliphatic carbocycles. The molecule has 2 unspecified atom stereocenters. The van der Waals surface area contributed by atoms with Gasteiger partial charge < -0.3 is 15.5 Å². The van der Waals surface area contributed by atoms with E-state index in [2.05, 4.69) is 10.7 Å². The number of benzene rings is 2. The first-order valence-corrected chi connectivity index (χ1v) is 12.0. The Hall–Kier alpha value is -1.58. The van der Waals surface area contributed by atoms with Gasteiger partial charge in [-0.05, 0) is 69.1 Å². The van der Waals surface area contributed by atoms with Crippen LogP contribution in [0.1, 0.15) is 48.1 Å². The van der Waals surface area contributed by atoms with Crippen molar-refractivity contribution >= 4 is 28.9 Å². The summed E-state index contributed by atoms with van der Waals surface area (Å²) in [6, 6.07) is 9.80. The van der Waals surface area contributed by atoms with E-state index >= 15 is 0 Å². The van der Waals surface area contributed by atoms with E-state index in [-0.39, 0.29) is 11.2 Å². The van der Waals surface area contributed by atoms with E-state index < -0.39 is 24.3 Å². The van der Waals surface area contributed by atoms with Gasteiger partial charge in [-0.3, -0.25) is 0 Å². The zero-order valence-corrected chi connectivity index (χ0v) is 20.2. The number of hydrogen-bond donors (Lipinski definition) is 2. The van der Waals surface area contributed by atoms with E-state index in [1.807, 2.05) is 6.92 Å². The molecule has 0 saturated carbocycles. The molecule has 0 bridgehead atoms. The van der Waals surface area contributed by atoms with Crippen molar-refractivity contribution in [2.75, 3.05) is 31.7 Å². The first-order valence-electron chi connectivity index (χ1n) is 11.2. The number of fused-ring (bicyclic) bond motifs is 1. The molecule has 0 aromatic heterocycles. The molecule has 2 N–H and O–H groups in total. The monoisotopic (exact) mass is 519 g/mol. The minimum absolute atomic E-state index is 0.135. The molecule has 2 aliphatic rings. The van der Waals surface area contributed by atoms with Crippen molar-refractivity contribution in [1.29, 1.82) is 0 Å². The van der Waals surface area contributed by atoms with Crippen molar-refractivity contribution in [2.24, 2.45) is 5.41 Å². The third kappa shape index (κ3) is 5.97. The summed E-state index contributed by atoms with van der Waals surface area (Å²) in [6.45, 7) is 2.82. The average Bonchev–Trinajstić information content (AvgIpc) is 3.08. The first-order chi connectivity index (χ1) is 16.1. The number of halogens is 6. The highest BCUT2D eigenvalue weighted by Crippen LogP contribution is 2.45. The van der Waals surface area contributed by atoms with Crippen LogP contribution in [-0.4, -0.2) is 37.4 Å². The molecule has 186 valence electrons. The second-order valence-electron chi connectivity index (χ2n) is 9.16. The number of anilines is 1. The van der Waals surface area contributed by atoms with Gasteiger partial charge in [-0.1, -0.05) is 35.3 Å². The van der Waals surface area contributed by atoms with Crippen LogP contribution in [0.15, 0.2) is 36.4 Å². The summed E-state index contributed by atoms with van der Waals surface area (Å²) in [7, 11) is 0. The Morgan fingerprint density at radius 3 is 2.50 bits per heavy atom. The van der Waals surface area contributed by atoms with Crippen molar-refractivity contribution in [3.8, 4) is 0 Å². The average molecular weight is 520 g/mol. The fraction of sp³-hybridized carbons (Fsp3) is 0.500. The molecular weight excluding hydrogens is 493 g/mol. The molecule has 2 atom stereocenters. The summed E-state index contributed by atoms with van der Waals surface area (Å²) in [6.07, 6.45) is -2.31. The van der Waals surface area contributed by atoms with Gasteiger partial charge in [-0.25, -0.2) is 4.39 Å². The molecule has 2 aromatic rings. The van der Waals surface area contributed by atoms with E-state index in [1.165, 1.54) is 12.1 Å². The van der Waals surface area contributed by atoms with E-state index in [9.17, 15) is 17.6 Å². The van der Waals surface area contributed by atoms with E-state index in [0.717, 1.165) is 42.9 Å². The quantitative estimate of drug-likeness (QED) is 0.245. The molecule has 34 heavy (non-hydrogen) atoms. The van der Waals surface area contributed by atoms with Crippen LogP contribution in [0.3, 0.4) is 0 Å². The fourth-order valence-corrected chi connectivity index (χ4v) is 5.25. The highest BCUT2D eigenvalue weighted by molar-refractivity contribution is 6.31. The number of hydrazine groups is 1. The van der Waals surface area contributed by atoms with Gasteiger partial charge in [0.15, 0.2) is 0 Å². The molecular formula is C24H27Cl2F4N3O. The summed E-state index contributed by atoms with van der Waals surface area (Å²) >= 11 is 12.6. The Morgan fingerprint density at radius 2 is 1.85 bits per heavy atom. The van der Waals surface area contributed by atoms with E-state index in [1.54, 1.807) is 24.3 Å². The van der Waals surface area contributed by atoms with Crippen LogP contribution in [0.25, 0.3) is 0 Å². The molecule has 1 fully saturated rings. The van der Waals surface area contributed by atoms with Gasteiger partial charge in [0.25, 0.3) is 0 Å². The van der Waals surface area contributed by atoms with Gasteiger partial charge in [0.2, 0.25) is 0 Å². The van der Waals surface area contributed by atoms with Crippen molar-refractivity contribution < 1.29 is 22.3 Å². The number of ether oxygens (including phenoxy) is 1. The van der Waals surface area contributed by atoms with Gasteiger partial charge >= 0.3 is 6.18 Å². The smallest absolute Gasteiger partial charge is 0.373 e. The third-order valence-electron chi connectivity index (χ3n) is 6.53. The van der Waals surface area contributed by atoms with Gasteiger partial charge in [0, 0.05) is 21.6 Å². The molecule has 4 rings (SSSR count). The van der Waals surface area contributed by atoms with Crippen LogP contribution in [0.4, 0.5) is 23.2 Å². The van der Waals surface area contributed by atoms with Crippen molar-refractivity contribution in [3.05, 3.63) is 63.9 Å². The maximum absolute atomic E-state index is 13.4. The number of nitrogens with zero attached hydrogens (tertiary/aromatic N) is 1. The summed E-state index contributed by atoms with van der Waals surface area (Å²) < 4.78 is 58.7. The Labute approximate surface area is 206 Å². The number of alkyl halides is 4. The standard InChI is InChI=1S/C24H27Cl2F4N3O/c1-15(19-10-17(25)11-20-21(19)32-33(22(20)26)13-24(28,29)30)34-14-23(6-8-31-9-7-23)12-16-2-4-18(27)5-3-16/h2-5,10-11,15,22,31-32H,6-9,12-14H2,1H3. The van der Waals surface area contributed by atoms with Crippen LogP contribution in [-0.2, 0) is 11.2 Å². The normalized spacial score (nSPS) is 21.2. The van der Waals surface area contributed by atoms with E-state index in [0.29, 0.717) is 28.4 Å². The van der Waals surface area contributed by atoms with Gasteiger partial charge in [0.1, 0.15) is 17.9 Å². The molecule has 10 heteroatoms. The van der Waals surface area contributed by atoms with E-state index in [4.69, 9.17) is 27.9 Å². The third-order valence-corrected chi connectivity index (χ3v) is 7.22. The van der Waals surface area contributed by atoms with Crippen molar-refractivity contribution in [2.45, 2.75) is 44.0 Å². The zero-order valence-electron chi connectivity index (χ0n) is 18.7. The van der Waals surface area contributed by atoms with Crippen molar-refractivity contribution in [3.63, 3.8) is 0 Å². The largest absolute Gasteiger partial charge is 0.403 e. The lowest BCUT2D eigenvalue weighted by Gasteiger charge is -2.38. The minimum atomic E-state index is -4.41. The molecule has 2 aromatic carbocycles. The second-order valence-corrected chi connectivity index (χ2v) is 10.0. The number of rotatable bonds is 7. The minimum Gasteiger partial charge on any atom is -0.373 e. The van der Waals surface area contributed by atoms with Gasteiger partial charge in [-0.15, -0.1) is 0 Å². The van der Waals surface area contributed by atoms with Gasteiger partial charge in [0.05, 0.1) is 18.4 Å². The molecule has 1 saturated heterocycles. The van der Waals surface area contributed by atoms with Crippen LogP contribution >= 0.6 is 23.2 Å². The highest BCUT2D eigenvalue weighted by atomic mass is 35.5. The summed E-state index contributed by atoms with van der Waals surface area (Å²) in [4.78, 5) is 0. The Morgan fingerprint density at radius 1 is 1.18 bits per heavy atom. The summed E-state index contributed by atoms with van der Waals surface area (Å²) in [5.41, 5.74) is 4.36. The lowest BCUT2D eigenvalue weighted by Crippen LogP contribution is -2.41. The summed E-state index contributed by atoms with van der Waals surface area (Å²) in [5.74, 6) is -0.271. The highest BCUT2D eigenvalue weighted by Gasteiger charge is 2.40. The maximum Gasteiger partial charge on any atom is 0.403 e. The molecule has 0 radical (unpaired) electrons. The topological polar surface area (TPSA) is 36.5 Å². The van der Waals surface area contributed by atoms with Crippen LogP contribution in [0, 0.1) is 11.2 Å². The Bertz CT molecular complexity index is 997. The predicted octanol–water partition coefficient (Wildman–Crippen LogP) is 6.61. The zero-order chi connectivity index (χ0) is 24.5. The second kappa shape index (κ2) is 10.2. The molecule has 2 aliphatic heterocycles. The molecule has 0 spiro atoms. The van der Waals surface area contributed by atoms with Crippen LogP contribution in [0.5, 0.6) is 0 Å². The summed E-state index contributed by atoms with van der Waals surface area (Å²) in [5, 5.41) is 4.70. The molecule has 0 amide bonds. The van der Waals surface area contributed by atoms with Crippen LogP contribution < -0.4 is 10.7 Å². The fourth-order valence-electron chi connectivity index (χ4n) is 4.72. The van der Waals surface area contributed by atoms with Crippen molar-refractivity contribution in [1.82, 2.24) is 10.3 Å². The Kier molecular flexibility index (Phi) is 7.64. The SMILES string of the molecule is CC(OCC1(Cc2ccc(F)cc2)CCNCC1)c1cc(Cl)cc2c1NN(CC(F)(F)F)C2Cl. The Balaban J connectivity index is 1.51. The number of piperidine rings is 1.